The topological polar surface area (TPSA) is 152 Å². The summed E-state index contributed by atoms with van der Waals surface area (Å²) in [6.45, 7) is 8.02. The van der Waals surface area contributed by atoms with Crippen LogP contribution in [0.4, 0.5) is 0 Å². The fourth-order valence-corrected chi connectivity index (χ4v) is 5.81. The van der Waals surface area contributed by atoms with Gasteiger partial charge in [0.1, 0.15) is 6.33 Å². The van der Waals surface area contributed by atoms with Gasteiger partial charge in [0.05, 0.1) is 71.5 Å². The Kier molecular flexibility index (Phi) is 11.4. The summed E-state index contributed by atoms with van der Waals surface area (Å²) >= 11 is 0. The van der Waals surface area contributed by atoms with Gasteiger partial charge in [-0.15, -0.1) is 0 Å². The van der Waals surface area contributed by atoms with Crippen LogP contribution in [-0.2, 0) is 18.9 Å². The second-order valence-corrected chi connectivity index (χ2v) is 11.8. The molecule has 274 valence electrons. The van der Waals surface area contributed by atoms with Crippen molar-refractivity contribution in [3.05, 3.63) is 126 Å². The number of carbonyl (C=O) groups is 4. The number of aromatic amines is 1. The zero-order valence-corrected chi connectivity index (χ0v) is 30.3. The monoisotopic (exact) mass is 726 g/mol. The molecule has 4 aromatic carbocycles. The van der Waals surface area contributed by atoms with Gasteiger partial charge in [-0.2, -0.15) is 0 Å². The molecule has 2 heterocycles. The molecule has 12 heteroatoms. The first-order valence-corrected chi connectivity index (χ1v) is 17.5. The van der Waals surface area contributed by atoms with Crippen LogP contribution in [0.2, 0.25) is 0 Å². The molecule has 54 heavy (non-hydrogen) atoms. The highest BCUT2D eigenvalue weighted by Crippen LogP contribution is 2.37. The molecule has 6 rings (SSSR count). The van der Waals surface area contributed by atoms with Crippen LogP contribution in [0.25, 0.3) is 51.0 Å². The maximum absolute atomic E-state index is 12.5. The van der Waals surface area contributed by atoms with Crippen molar-refractivity contribution in [2.24, 2.45) is 0 Å². The average molecular weight is 727 g/mol. The SMILES string of the molecule is CCOC(=O)c1ccc(-c2nc(-n3cnc(-c4ccc(C(=O)OCC)cc4)c3-c3ccc(C(=O)OCC)cc3)[nH]c2-c2ccc(C(=O)OCC)cc2)cc1. The van der Waals surface area contributed by atoms with E-state index in [4.69, 9.17) is 28.9 Å². The van der Waals surface area contributed by atoms with Crippen molar-refractivity contribution in [1.29, 1.82) is 0 Å². The summed E-state index contributed by atoms with van der Waals surface area (Å²) < 4.78 is 22.5. The van der Waals surface area contributed by atoms with Crippen LogP contribution >= 0.6 is 0 Å². The number of ether oxygens (including phenoxy) is 4. The van der Waals surface area contributed by atoms with Crippen molar-refractivity contribution in [1.82, 2.24) is 19.5 Å². The summed E-state index contributed by atoms with van der Waals surface area (Å²) in [7, 11) is 0. The molecule has 0 aliphatic heterocycles. The van der Waals surface area contributed by atoms with E-state index in [1.54, 1.807) is 124 Å². The molecule has 0 bridgehead atoms. The number of aromatic nitrogens is 4. The molecule has 0 unspecified atom stereocenters. The molecular formula is C42H38N4O8. The van der Waals surface area contributed by atoms with Crippen molar-refractivity contribution in [3.63, 3.8) is 0 Å². The molecule has 0 atom stereocenters. The van der Waals surface area contributed by atoms with E-state index in [1.165, 1.54) is 0 Å². The largest absolute Gasteiger partial charge is 0.462 e. The van der Waals surface area contributed by atoms with E-state index in [1.807, 2.05) is 12.1 Å². The molecule has 2 aromatic heterocycles. The number of carbonyl (C=O) groups excluding carboxylic acids is 4. The van der Waals surface area contributed by atoms with Gasteiger partial charge >= 0.3 is 23.9 Å². The summed E-state index contributed by atoms with van der Waals surface area (Å²) in [5, 5.41) is 0. The lowest BCUT2D eigenvalue weighted by molar-refractivity contribution is 0.0517. The predicted molar refractivity (Wildman–Crippen MR) is 201 cm³/mol. The zero-order chi connectivity index (χ0) is 38.2. The van der Waals surface area contributed by atoms with Crippen LogP contribution in [-0.4, -0.2) is 69.8 Å². The van der Waals surface area contributed by atoms with Crippen molar-refractivity contribution in [3.8, 4) is 51.0 Å². The lowest BCUT2D eigenvalue weighted by Gasteiger charge is -2.10. The molecule has 0 spiro atoms. The number of rotatable bonds is 13. The third kappa shape index (κ3) is 7.82. The number of nitrogens with one attached hydrogen (secondary N) is 1. The Morgan fingerprint density at radius 1 is 0.500 bits per heavy atom. The van der Waals surface area contributed by atoms with E-state index in [0.717, 1.165) is 16.7 Å². The molecule has 6 aromatic rings. The van der Waals surface area contributed by atoms with Crippen LogP contribution in [0.15, 0.2) is 103 Å². The lowest BCUT2D eigenvalue weighted by Crippen LogP contribution is -2.05. The second kappa shape index (κ2) is 16.7. The smallest absolute Gasteiger partial charge is 0.338 e. The summed E-state index contributed by atoms with van der Waals surface area (Å²) in [5.74, 6) is -1.30. The van der Waals surface area contributed by atoms with Gasteiger partial charge in [-0.25, -0.2) is 29.1 Å². The third-order valence-electron chi connectivity index (χ3n) is 8.38. The van der Waals surface area contributed by atoms with Crippen LogP contribution in [0, 0.1) is 0 Å². The first-order valence-electron chi connectivity index (χ1n) is 17.5. The standard InChI is InChI=1S/C42H38N4O8/c1-5-51-38(47)30-17-9-26(10-18-30)34-35(27-11-19-31(20-12-27)39(48)52-6-2)45-42(44-34)46-25-43-36(28-13-21-32(22-14-28)40(49)53-7-3)37(46)29-15-23-33(24-16-29)41(50)54-8-4/h9-25H,5-8H2,1-4H3,(H,44,45). The molecule has 0 amide bonds. The van der Waals surface area contributed by atoms with Crippen LogP contribution in [0.1, 0.15) is 69.1 Å². The molecule has 0 saturated carbocycles. The van der Waals surface area contributed by atoms with Gasteiger partial charge in [-0.1, -0.05) is 48.5 Å². The van der Waals surface area contributed by atoms with Crippen LogP contribution in [0.5, 0.6) is 0 Å². The number of benzene rings is 4. The van der Waals surface area contributed by atoms with Gasteiger partial charge in [0.25, 0.3) is 0 Å². The zero-order valence-electron chi connectivity index (χ0n) is 30.3. The highest BCUT2D eigenvalue weighted by Gasteiger charge is 2.23. The van der Waals surface area contributed by atoms with Crippen molar-refractivity contribution < 1.29 is 38.1 Å². The van der Waals surface area contributed by atoms with Gasteiger partial charge in [0, 0.05) is 22.3 Å². The highest BCUT2D eigenvalue weighted by atomic mass is 16.5. The van der Waals surface area contributed by atoms with Crippen LogP contribution < -0.4 is 0 Å². The fourth-order valence-electron chi connectivity index (χ4n) is 5.81. The number of hydrogen-bond acceptors (Lipinski definition) is 10. The minimum Gasteiger partial charge on any atom is -0.462 e. The Balaban J connectivity index is 1.50. The molecule has 0 aliphatic rings. The van der Waals surface area contributed by atoms with E-state index in [0.29, 0.717) is 56.5 Å². The highest BCUT2D eigenvalue weighted by molar-refractivity contribution is 5.93. The maximum atomic E-state index is 12.5. The maximum Gasteiger partial charge on any atom is 0.338 e. The van der Waals surface area contributed by atoms with Gasteiger partial charge in [0.15, 0.2) is 0 Å². The fraction of sp³-hybridized carbons (Fsp3) is 0.190. The van der Waals surface area contributed by atoms with Crippen molar-refractivity contribution >= 4 is 23.9 Å². The van der Waals surface area contributed by atoms with Crippen molar-refractivity contribution in [2.75, 3.05) is 26.4 Å². The van der Waals surface area contributed by atoms with E-state index in [-0.39, 0.29) is 26.4 Å². The van der Waals surface area contributed by atoms with E-state index >= 15 is 0 Å². The average Bonchev–Trinajstić information content (AvgIpc) is 3.84. The summed E-state index contributed by atoms with van der Waals surface area (Å²) in [6.07, 6.45) is 1.64. The Morgan fingerprint density at radius 2 is 0.852 bits per heavy atom. The molecular weight excluding hydrogens is 688 g/mol. The number of nitrogens with zero attached hydrogens (tertiary/aromatic N) is 3. The normalized spacial score (nSPS) is 10.8. The van der Waals surface area contributed by atoms with E-state index in [9.17, 15) is 19.2 Å². The third-order valence-corrected chi connectivity index (χ3v) is 8.38. The number of hydrogen-bond donors (Lipinski definition) is 1. The molecule has 0 radical (unpaired) electrons. The Bertz CT molecular complexity index is 2190. The molecule has 12 nitrogen and oxygen atoms in total. The van der Waals surface area contributed by atoms with Gasteiger partial charge in [-0.05, 0) is 76.2 Å². The summed E-state index contributed by atoms with van der Waals surface area (Å²) in [6, 6.07) is 27.9. The Morgan fingerprint density at radius 3 is 1.24 bits per heavy atom. The van der Waals surface area contributed by atoms with Crippen molar-refractivity contribution in [2.45, 2.75) is 27.7 Å². The first-order chi connectivity index (χ1) is 26.3. The van der Waals surface area contributed by atoms with Gasteiger partial charge < -0.3 is 23.9 Å². The van der Waals surface area contributed by atoms with Crippen LogP contribution in [0.3, 0.4) is 0 Å². The van der Waals surface area contributed by atoms with E-state index in [2.05, 4.69) is 4.98 Å². The van der Waals surface area contributed by atoms with E-state index < -0.39 is 23.9 Å². The Labute approximate surface area is 311 Å². The second-order valence-electron chi connectivity index (χ2n) is 11.8. The predicted octanol–water partition coefficient (Wildman–Crippen LogP) is 7.97. The first kappa shape index (κ1) is 37.0. The minimum absolute atomic E-state index is 0.250. The Hall–Kier alpha value is -6.82. The minimum atomic E-state index is -0.435. The molecule has 0 fully saturated rings. The quantitative estimate of drug-likeness (QED) is 0.0916. The van der Waals surface area contributed by atoms with Gasteiger partial charge in [-0.3, -0.25) is 4.57 Å². The van der Waals surface area contributed by atoms with Gasteiger partial charge in [0.2, 0.25) is 5.95 Å². The molecule has 0 saturated heterocycles. The molecule has 1 N–H and O–H groups in total. The number of H-pyrrole nitrogens is 1. The molecule has 0 aliphatic carbocycles. The number of imidazole rings is 2. The number of esters is 4. The lowest BCUT2D eigenvalue weighted by atomic mass is 10.0. The summed E-state index contributed by atoms with van der Waals surface area (Å²) in [5.41, 5.74) is 6.96. The summed E-state index contributed by atoms with van der Waals surface area (Å²) in [4.78, 5) is 63.1.